The van der Waals surface area contributed by atoms with Gasteiger partial charge in [-0.25, -0.2) is 0 Å². The van der Waals surface area contributed by atoms with Crippen molar-refractivity contribution in [3.63, 3.8) is 0 Å². The summed E-state index contributed by atoms with van der Waals surface area (Å²) in [5.41, 5.74) is 2.62. The fourth-order valence-electron chi connectivity index (χ4n) is 4.13. The van der Waals surface area contributed by atoms with E-state index in [2.05, 4.69) is 68.5 Å². The van der Waals surface area contributed by atoms with E-state index in [1.54, 1.807) is 13.0 Å². The van der Waals surface area contributed by atoms with Crippen molar-refractivity contribution >= 4 is 42.6 Å². The Morgan fingerprint density at radius 1 is 0.914 bits per heavy atom. The minimum absolute atomic E-state index is 0.322. The molecule has 3 aromatic carbocycles. The highest BCUT2D eigenvalue weighted by molar-refractivity contribution is 7.80. The number of rotatable bonds is 7. The van der Waals surface area contributed by atoms with Gasteiger partial charge in [0.1, 0.15) is 0 Å². The molecule has 4 rings (SSSR count). The van der Waals surface area contributed by atoms with Crippen molar-refractivity contribution in [2.45, 2.75) is 19.5 Å². The smallest absolute Gasteiger partial charge is 0.362 e. The third-order valence-electron chi connectivity index (χ3n) is 5.67. The van der Waals surface area contributed by atoms with Gasteiger partial charge >= 0.3 is 6.18 Å². The van der Waals surface area contributed by atoms with Crippen molar-refractivity contribution in [2.24, 2.45) is 0 Å². The van der Waals surface area contributed by atoms with Gasteiger partial charge in [0, 0.05) is 42.9 Å². The van der Waals surface area contributed by atoms with E-state index >= 15 is 0 Å². The summed E-state index contributed by atoms with van der Waals surface area (Å²) in [7, 11) is -0.587. The molecule has 35 heavy (non-hydrogen) atoms. The third kappa shape index (κ3) is 6.65. The molecule has 0 amide bonds. The first-order valence-corrected chi connectivity index (χ1v) is 13.3. The number of anilines is 3. The maximum Gasteiger partial charge on any atom is 0.416 e. The Hall–Kier alpha value is -2.83. The Morgan fingerprint density at radius 3 is 2.03 bits per heavy atom. The number of thiocarbonyl (C=S) groups is 1. The second-order valence-electron chi connectivity index (χ2n) is 8.33. The second-order valence-corrected chi connectivity index (χ2v) is 10.9. The van der Waals surface area contributed by atoms with Crippen LogP contribution in [-0.2, 0) is 6.18 Å². The lowest BCUT2D eigenvalue weighted by Crippen LogP contribution is -2.30. The van der Waals surface area contributed by atoms with E-state index in [1.165, 1.54) is 11.4 Å². The van der Waals surface area contributed by atoms with E-state index in [-0.39, 0.29) is 0 Å². The number of nitrogens with one attached hydrogen (secondary N) is 2. The van der Waals surface area contributed by atoms with Gasteiger partial charge in [-0.3, -0.25) is 0 Å². The van der Waals surface area contributed by atoms with Crippen LogP contribution in [0.1, 0.15) is 17.5 Å². The zero-order valence-electron chi connectivity index (χ0n) is 19.4. The van der Waals surface area contributed by atoms with Gasteiger partial charge in [-0.2, -0.15) is 13.2 Å². The van der Waals surface area contributed by atoms with Crippen molar-refractivity contribution < 1.29 is 13.2 Å². The zero-order valence-corrected chi connectivity index (χ0v) is 21.1. The fourth-order valence-corrected chi connectivity index (χ4v) is 6.98. The van der Waals surface area contributed by atoms with E-state index in [1.807, 2.05) is 12.1 Å². The van der Waals surface area contributed by atoms with Crippen molar-refractivity contribution in [1.82, 2.24) is 5.32 Å². The van der Waals surface area contributed by atoms with E-state index in [0.29, 0.717) is 22.9 Å². The molecule has 0 aromatic heterocycles. The van der Waals surface area contributed by atoms with E-state index in [4.69, 9.17) is 12.2 Å². The Balaban J connectivity index is 1.36. The Kier molecular flexibility index (Phi) is 8.14. The van der Waals surface area contributed by atoms with Crippen molar-refractivity contribution in [1.29, 1.82) is 0 Å². The number of hydrogen-bond acceptors (Lipinski definition) is 3. The summed E-state index contributed by atoms with van der Waals surface area (Å²) in [6.07, 6.45) is -2.55. The summed E-state index contributed by atoms with van der Waals surface area (Å²) >= 11 is 5.34. The van der Waals surface area contributed by atoms with Gasteiger partial charge in [0.15, 0.2) is 5.11 Å². The molecular weight excluding hydrogens is 488 g/mol. The van der Waals surface area contributed by atoms with Gasteiger partial charge in [-0.05, 0) is 73.6 Å². The molecule has 4 nitrogen and oxygen atoms in total. The summed E-state index contributed by atoms with van der Waals surface area (Å²) in [5.74, 6) is 0. The number of para-hydroxylation sites is 2. The van der Waals surface area contributed by atoms with E-state index in [0.717, 1.165) is 37.8 Å². The number of halogens is 3. The maximum atomic E-state index is 13.1. The van der Waals surface area contributed by atoms with Crippen LogP contribution >= 0.6 is 20.4 Å². The van der Waals surface area contributed by atoms with E-state index < -0.39 is 20.0 Å². The molecule has 1 fully saturated rings. The van der Waals surface area contributed by atoms with Crippen LogP contribution in [0.3, 0.4) is 0 Å². The number of hydrogen-bond donors (Lipinski definition) is 2. The molecule has 0 saturated carbocycles. The summed E-state index contributed by atoms with van der Waals surface area (Å²) in [4.78, 5) is 0. The topological polar surface area (TPSA) is 30.5 Å². The van der Waals surface area contributed by atoms with Gasteiger partial charge in [-0.1, -0.05) is 36.4 Å². The van der Waals surface area contributed by atoms with Gasteiger partial charge < -0.3 is 20.0 Å². The molecule has 9 heteroatoms. The molecule has 1 heterocycles. The first-order valence-electron chi connectivity index (χ1n) is 11.5. The SMILES string of the molecule is Cc1cc(NC(=S)NCCCP2N(c3ccccc3)CCN2c2ccccc2)cc(C(F)(F)F)c1. The average molecular weight is 517 g/mol. The highest BCUT2D eigenvalue weighted by Gasteiger charge is 2.32. The van der Waals surface area contributed by atoms with Crippen LogP contribution in [-0.4, -0.2) is 30.9 Å². The molecule has 0 bridgehead atoms. The molecule has 2 N–H and O–H groups in total. The Labute approximate surface area is 211 Å². The number of alkyl halides is 3. The average Bonchev–Trinajstić information content (AvgIpc) is 3.26. The van der Waals surface area contributed by atoms with E-state index in [9.17, 15) is 13.2 Å². The molecular formula is C26H28F3N4PS. The van der Waals surface area contributed by atoms with Crippen LogP contribution in [0.15, 0.2) is 78.9 Å². The predicted molar refractivity (Wildman–Crippen MR) is 144 cm³/mol. The Bertz CT molecular complexity index is 1080. The molecule has 184 valence electrons. The molecule has 3 aromatic rings. The molecule has 1 aliphatic heterocycles. The fraction of sp³-hybridized carbons (Fsp3) is 0.269. The van der Waals surface area contributed by atoms with Crippen molar-refractivity contribution in [3.05, 3.63) is 90.0 Å². The quantitative estimate of drug-likeness (QED) is 0.200. The van der Waals surface area contributed by atoms with Crippen LogP contribution < -0.4 is 20.0 Å². The molecule has 0 unspecified atom stereocenters. The van der Waals surface area contributed by atoms with Crippen molar-refractivity contribution in [2.75, 3.05) is 40.5 Å². The summed E-state index contributed by atoms with van der Waals surface area (Å²) in [5, 5.41) is 6.37. The van der Waals surface area contributed by atoms with Crippen LogP contribution in [0.25, 0.3) is 0 Å². The van der Waals surface area contributed by atoms with Gasteiger partial charge in [0.2, 0.25) is 0 Å². The zero-order chi connectivity index (χ0) is 24.8. The minimum Gasteiger partial charge on any atom is -0.362 e. The molecule has 0 atom stereocenters. The lowest BCUT2D eigenvalue weighted by Gasteiger charge is -2.32. The first-order chi connectivity index (χ1) is 16.8. The summed E-state index contributed by atoms with van der Waals surface area (Å²) < 4.78 is 44.3. The first kappa shape index (κ1) is 25.3. The molecule has 0 spiro atoms. The van der Waals surface area contributed by atoms with Gasteiger partial charge in [0.05, 0.1) is 13.8 Å². The molecule has 1 saturated heterocycles. The second kappa shape index (κ2) is 11.3. The van der Waals surface area contributed by atoms with Crippen LogP contribution in [0, 0.1) is 6.92 Å². The van der Waals surface area contributed by atoms with Gasteiger partial charge in [0.25, 0.3) is 0 Å². The largest absolute Gasteiger partial charge is 0.416 e. The Morgan fingerprint density at radius 2 is 1.49 bits per heavy atom. The van der Waals surface area contributed by atoms with Gasteiger partial charge in [-0.15, -0.1) is 0 Å². The molecule has 1 aliphatic rings. The summed E-state index contributed by atoms with van der Waals surface area (Å²) in [6, 6.07) is 24.8. The molecule has 0 aliphatic carbocycles. The number of benzene rings is 3. The summed E-state index contributed by atoms with van der Waals surface area (Å²) in [6.45, 7) is 4.20. The lowest BCUT2D eigenvalue weighted by atomic mass is 10.1. The van der Waals surface area contributed by atoms with Crippen LogP contribution in [0.2, 0.25) is 0 Å². The number of nitrogens with zero attached hydrogens (tertiary/aromatic N) is 2. The lowest BCUT2D eigenvalue weighted by molar-refractivity contribution is -0.137. The maximum absolute atomic E-state index is 13.1. The van der Waals surface area contributed by atoms with Crippen LogP contribution in [0.5, 0.6) is 0 Å². The highest BCUT2D eigenvalue weighted by Crippen LogP contribution is 2.53. The predicted octanol–water partition coefficient (Wildman–Crippen LogP) is 7.03. The number of aryl methyl sites for hydroxylation is 1. The molecule has 0 radical (unpaired) electrons. The van der Waals surface area contributed by atoms with Crippen LogP contribution in [0.4, 0.5) is 30.2 Å². The normalized spacial score (nSPS) is 14.3. The highest BCUT2D eigenvalue weighted by atomic mass is 32.1. The van der Waals surface area contributed by atoms with Crippen molar-refractivity contribution in [3.8, 4) is 0 Å². The monoisotopic (exact) mass is 516 g/mol. The third-order valence-corrected chi connectivity index (χ3v) is 8.61. The minimum atomic E-state index is -4.39. The standard InChI is InChI=1S/C26H28F3N4PS/c1-20-17-21(26(27,28)29)19-22(18-20)31-25(35)30-13-8-16-34-32(23-9-4-2-5-10-23)14-15-33(34)24-11-6-3-7-12-24/h2-7,9-12,17-19H,8,13-16H2,1H3,(H2,30,31,35).